The lowest BCUT2D eigenvalue weighted by atomic mass is 10.2. The SMILES string of the molecule is CCCCNC(=O)c1cccc(NCC(=O)Nc2ccc(F)c(Cl)c2)c1. The predicted octanol–water partition coefficient (Wildman–Crippen LogP) is 4.06. The molecule has 0 unspecified atom stereocenters. The zero-order valence-corrected chi connectivity index (χ0v) is 15.2. The minimum Gasteiger partial charge on any atom is -0.376 e. The molecule has 5 nitrogen and oxygen atoms in total. The van der Waals surface area contributed by atoms with Gasteiger partial charge in [0.25, 0.3) is 5.91 Å². The second-order valence-electron chi connectivity index (χ2n) is 5.72. The summed E-state index contributed by atoms with van der Waals surface area (Å²) in [5, 5.41) is 8.36. The second kappa shape index (κ2) is 9.77. The highest BCUT2D eigenvalue weighted by Gasteiger charge is 2.08. The summed E-state index contributed by atoms with van der Waals surface area (Å²) in [5.41, 5.74) is 1.59. The number of anilines is 2. The van der Waals surface area contributed by atoms with Crippen LogP contribution in [0.5, 0.6) is 0 Å². The molecular weight excluding hydrogens is 357 g/mol. The van der Waals surface area contributed by atoms with E-state index in [-0.39, 0.29) is 23.4 Å². The van der Waals surface area contributed by atoms with E-state index in [9.17, 15) is 14.0 Å². The Balaban J connectivity index is 1.88. The fraction of sp³-hybridized carbons (Fsp3) is 0.263. The predicted molar refractivity (Wildman–Crippen MR) is 102 cm³/mol. The molecule has 3 N–H and O–H groups in total. The number of amides is 2. The van der Waals surface area contributed by atoms with Crippen molar-refractivity contribution < 1.29 is 14.0 Å². The van der Waals surface area contributed by atoms with Crippen LogP contribution in [0.25, 0.3) is 0 Å². The Bertz CT molecular complexity index is 783. The second-order valence-corrected chi connectivity index (χ2v) is 6.13. The van der Waals surface area contributed by atoms with Gasteiger partial charge in [-0.1, -0.05) is 31.0 Å². The van der Waals surface area contributed by atoms with Crippen LogP contribution in [0.1, 0.15) is 30.1 Å². The number of rotatable bonds is 8. The number of nitrogens with one attached hydrogen (secondary N) is 3. The lowest BCUT2D eigenvalue weighted by molar-refractivity contribution is -0.114. The van der Waals surface area contributed by atoms with Crippen molar-refractivity contribution in [1.29, 1.82) is 0 Å². The van der Waals surface area contributed by atoms with Gasteiger partial charge in [-0.2, -0.15) is 0 Å². The molecule has 0 aliphatic carbocycles. The van der Waals surface area contributed by atoms with Crippen LogP contribution in [-0.4, -0.2) is 24.9 Å². The zero-order chi connectivity index (χ0) is 18.9. The summed E-state index contributed by atoms with van der Waals surface area (Å²) in [7, 11) is 0. The van der Waals surface area contributed by atoms with Crippen LogP contribution in [0.4, 0.5) is 15.8 Å². The quantitative estimate of drug-likeness (QED) is 0.607. The number of halogens is 2. The number of carbonyl (C=O) groups excluding carboxylic acids is 2. The molecule has 7 heteroatoms. The molecule has 0 heterocycles. The highest BCUT2D eigenvalue weighted by molar-refractivity contribution is 6.31. The van der Waals surface area contributed by atoms with Crippen LogP contribution < -0.4 is 16.0 Å². The average molecular weight is 378 g/mol. The molecule has 0 bridgehead atoms. The minimum absolute atomic E-state index is 0.00406. The number of hydrogen-bond donors (Lipinski definition) is 3. The van der Waals surface area contributed by atoms with Crippen molar-refractivity contribution in [3.63, 3.8) is 0 Å². The van der Waals surface area contributed by atoms with Crippen molar-refractivity contribution in [1.82, 2.24) is 5.32 Å². The third-order valence-electron chi connectivity index (χ3n) is 3.60. The standard InChI is InChI=1S/C19H21ClFN3O2/c1-2-3-9-22-19(26)13-5-4-6-14(10-13)23-12-18(25)24-15-7-8-17(21)16(20)11-15/h4-8,10-11,23H,2-3,9,12H2,1H3,(H,22,26)(H,24,25). The third-order valence-corrected chi connectivity index (χ3v) is 3.89. The Kier molecular flexibility index (Phi) is 7.41. The molecule has 26 heavy (non-hydrogen) atoms. The average Bonchev–Trinajstić information content (AvgIpc) is 2.63. The normalized spacial score (nSPS) is 10.3. The first-order valence-corrected chi connectivity index (χ1v) is 8.74. The molecule has 138 valence electrons. The first kappa shape index (κ1) is 19.7. The Morgan fingerprint density at radius 2 is 1.92 bits per heavy atom. The molecule has 0 aromatic heterocycles. The van der Waals surface area contributed by atoms with Gasteiger partial charge in [0.2, 0.25) is 5.91 Å². The maximum absolute atomic E-state index is 13.1. The van der Waals surface area contributed by atoms with Crippen LogP contribution in [-0.2, 0) is 4.79 Å². The maximum atomic E-state index is 13.1. The van der Waals surface area contributed by atoms with Crippen molar-refractivity contribution in [2.45, 2.75) is 19.8 Å². The van der Waals surface area contributed by atoms with Crippen molar-refractivity contribution in [2.75, 3.05) is 23.7 Å². The van der Waals surface area contributed by atoms with E-state index < -0.39 is 5.82 Å². The fourth-order valence-electron chi connectivity index (χ4n) is 2.21. The summed E-state index contributed by atoms with van der Waals surface area (Å²) in [6.07, 6.45) is 1.94. The highest BCUT2D eigenvalue weighted by atomic mass is 35.5. The van der Waals surface area contributed by atoms with Gasteiger partial charge in [0.1, 0.15) is 5.82 Å². The zero-order valence-electron chi connectivity index (χ0n) is 14.4. The Morgan fingerprint density at radius 1 is 1.12 bits per heavy atom. The first-order valence-electron chi connectivity index (χ1n) is 8.36. The molecule has 0 spiro atoms. The lowest BCUT2D eigenvalue weighted by Gasteiger charge is -2.10. The minimum atomic E-state index is -0.545. The monoisotopic (exact) mass is 377 g/mol. The van der Waals surface area contributed by atoms with Crippen LogP contribution in [0.15, 0.2) is 42.5 Å². The van der Waals surface area contributed by atoms with Gasteiger partial charge < -0.3 is 16.0 Å². The van der Waals surface area contributed by atoms with Crippen LogP contribution >= 0.6 is 11.6 Å². The molecule has 2 aromatic carbocycles. The topological polar surface area (TPSA) is 70.2 Å². The van der Waals surface area contributed by atoms with Gasteiger partial charge in [-0.15, -0.1) is 0 Å². The van der Waals surface area contributed by atoms with Gasteiger partial charge >= 0.3 is 0 Å². The summed E-state index contributed by atoms with van der Waals surface area (Å²) >= 11 is 5.68. The van der Waals surface area contributed by atoms with Gasteiger partial charge in [0, 0.05) is 23.5 Å². The summed E-state index contributed by atoms with van der Waals surface area (Å²) in [5.74, 6) is -1.00. The van der Waals surface area contributed by atoms with E-state index >= 15 is 0 Å². The van der Waals surface area contributed by atoms with Crippen LogP contribution in [0, 0.1) is 5.82 Å². The van der Waals surface area contributed by atoms with Gasteiger partial charge in [-0.05, 0) is 42.8 Å². The molecule has 0 radical (unpaired) electrons. The smallest absolute Gasteiger partial charge is 0.251 e. The molecule has 0 atom stereocenters. The number of hydrogen-bond acceptors (Lipinski definition) is 3. The van der Waals surface area contributed by atoms with Gasteiger partial charge in [0.05, 0.1) is 11.6 Å². The van der Waals surface area contributed by atoms with Gasteiger partial charge in [-0.25, -0.2) is 4.39 Å². The van der Waals surface area contributed by atoms with Gasteiger partial charge in [-0.3, -0.25) is 9.59 Å². The van der Waals surface area contributed by atoms with Crippen molar-refractivity contribution >= 4 is 34.8 Å². The summed E-state index contributed by atoms with van der Waals surface area (Å²) in [6, 6.07) is 10.9. The molecule has 0 saturated carbocycles. The first-order chi connectivity index (χ1) is 12.5. The summed E-state index contributed by atoms with van der Waals surface area (Å²) in [4.78, 5) is 24.0. The van der Waals surface area contributed by atoms with Crippen molar-refractivity contribution in [3.05, 3.63) is 58.9 Å². The van der Waals surface area contributed by atoms with E-state index in [0.717, 1.165) is 12.8 Å². The molecule has 2 amide bonds. The molecule has 2 aromatic rings. The van der Waals surface area contributed by atoms with E-state index in [0.29, 0.717) is 23.5 Å². The van der Waals surface area contributed by atoms with Gasteiger partial charge in [0.15, 0.2) is 0 Å². The Labute approximate surface area is 156 Å². The lowest BCUT2D eigenvalue weighted by Crippen LogP contribution is -2.25. The van der Waals surface area contributed by atoms with Crippen molar-refractivity contribution in [3.8, 4) is 0 Å². The van der Waals surface area contributed by atoms with E-state index in [4.69, 9.17) is 11.6 Å². The molecule has 0 aliphatic rings. The van der Waals surface area contributed by atoms with E-state index in [1.165, 1.54) is 18.2 Å². The molecule has 0 saturated heterocycles. The molecule has 0 aliphatic heterocycles. The maximum Gasteiger partial charge on any atom is 0.251 e. The fourth-order valence-corrected chi connectivity index (χ4v) is 2.39. The Morgan fingerprint density at radius 3 is 2.65 bits per heavy atom. The largest absolute Gasteiger partial charge is 0.376 e. The summed E-state index contributed by atoms with van der Waals surface area (Å²) in [6.45, 7) is 2.69. The highest BCUT2D eigenvalue weighted by Crippen LogP contribution is 2.19. The molecule has 0 fully saturated rings. The van der Waals surface area contributed by atoms with E-state index in [1.807, 2.05) is 0 Å². The Hall–Kier alpha value is -2.60. The van der Waals surface area contributed by atoms with Crippen molar-refractivity contribution in [2.24, 2.45) is 0 Å². The number of carbonyl (C=O) groups is 2. The molecule has 2 rings (SSSR count). The van der Waals surface area contributed by atoms with E-state index in [2.05, 4.69) is 22.9 Å². The third kappa shape index (κ3) is 6.04. The van der Waals surface area contributed by atoms with Crippen LogP contribution in [0.2, 0.25) is 5.02 Å². The summed E-state index contributed by atoms with van der Waals surface area (Å²) < 4.78 is 13.1. The van der Waals surface area contributed by atoms with E-state index in [1.54, 1.807) is 24.3 Å². The van der Waals surface area contributed by atoms with Crippen LogP contribution in [0.3, 0.4) is 0 Å². The number of benzene rings is 2. The number of unbranched alkanes of at least 4 members (excludes halogenated alkanes) is 1. The molecular formula is C19H21ClFN3O2.